The lowest BCUT2D eigenvalue weighted by molar-refractivity contribution is -0.192. The van der Waals surface area contributed by atoms with Gasteiger partial charge in [0.25, 0.3) is 5.91 Å². The van der Waals surface area contributed by atoms with E-state index in [9.17, 15) is 18.0 Å². The number of alkyl halides is 3. The number of carbonyl (C=O) groups is 1. The number of halogens is 3. The van der Waals surface area contributed by atoms with Crippen LogP contribution in [0.4, 0.5) is 13.2 Å². The molecule has 0 saturated carbocycles. The smallest absolute Gasteiger partial charge is 0.343 e. The lowest BCUT2D eigenvalue weighted by Gasteiger charge is -2.30. The summed E-state index contributed by atoms with van der Waals surface area (Å²) in [6.07, 6.45) is -2.82. The number of amides is 1. The predicted molar refractivity (Wildman–Crippen MR) is 64.2 cm³/mol. The van der Waals surface area contributed by atoms with Gasteiger partial charge in [-0.1, -0.05) is 6.07 Å². The first-order valence-electron chi connectivity index (χ1n) is 5.67. The largest absolute Gasteiger partial charge is 0.415 e. The second-order valence-corrected chi connectivity index (χ2v) is 4.50. The average Bonchev–Trinajstić information content (AvgIpc) is 2.34. The van der Waals surface area contributed by atoms with E-state index in [1.807, 2.05) is 0 Å². The molecule has 19 heavy (non-hydrogen) atoms. The Hall–Kier alpha value is -1.63. The second-order valence-electron chi connectivity index (χ2n) is 4.50. The van der Waals surface area contributed by atoms with Crippen molar-refractivity contribution >= 4 is 5.91 Å². The number of hydrogen-bond acceptors (Lipinski definition) is 3. The van der Waals surface area contributed by atoms with Crippen LogP contribution >= 0.6 is 0 Å². The van der Waals surface area contributed by atoms with Gasteiger partial charge in [-0.15, -0.1) is 0 Å². The number of aromatic nitrogens is 1. The molecule has 1 heterocycles. The fraction of sp³-hybridized carbons (Fsp3) is 0.500. The molecule has 1 atom stereocenters. The number of nitrogens with zero attached hydrogens (tertiary/aromatic N) is 2. The summed E-state index contributed by atoms with van der Waals surface area (Å²) < 4.78 is 37.9. The van der Waals surface area contributed by atoms with Gasteiger partial charge in [0.2, 0.25) is 0 Å². The number of nitrogens with two attached hydrogens (primary N) is 1. The third-order valence-corrected chi connectivity index (χ3v) is 2.81. The molecule has 1 aromatic heterocycles. The zero-order valence-electron chi connectivity index (χ0n) is 10.7. The summed E-state index contributed by atoms with van der Waals surface area (Å²) in [4.78, 5) is 16.7. The van der Waals surface area contributed by atoms with Gasteiger partial charge < -0.3 is 10.6 Å². The van der Waals surface area contributed by atoms with Gasteiger partial charge in [-0.05, 0) is 19.1 Å². The van der Waals surface area contributed by atoms with Crippen LogP contribution in [0, 0.1) is 0 Å². The average molecular weight is 275 g/mol. The van der Waals surface area contributed by atoms with Gasteiger partial charge in [0.15, 0.2) is 5.54 Å². The Morgan fingerprint density at radius 1 is 1.42 bits per heavy atom. The van der Waals surface area contributed by atoms with Crippen LogP contribution in [0.15, 0.2) is 24.4 Å². The molecule has 1 aromatic rings. The Labute approximate surface area is 109 Å². The number of rotatable bonds is 4. The molecule has 4 nitrogen and oxygen atoms in total. The first kappa shape index (κ1) is 15.4. The summed E-state index contributed by atoms with van der Waals surface area (Å²) in [5, 5.41) is 0. The van der Waals surface area contributed by atoms with Gasteiger partial charge in [0.05, 0.1) is 0 Å². The van der Waals surface area contributed by atoms with Gasteiger partial charge in [-0.2, -0.15) is 13.2 Å². The lowest BCUT2D eigenvalue weighted by atomic mass is 10.0. The highest BCUT2D eigenvalue weighted by atomic mass is 19.4. The monoisotopic (exact) mass is 275 g/mol. The van der Waals surface area contributed by atoms with E-state index >= 15 is 0 Å². The van der Waals surface area contributed by atoms with Crippen LogP contribution in [0.2, 0.25) is 0 Å². The molecular weight excluding hydrogens is 259 g/mol. The van der Waals surface area contributed by atoms with Gasteiger partial charge in [-0.25, -0.2) is 0 Å². The maximum atomic E-state index is 12.6. The Kier molecular flexibility index (Phi) is 4.52. The quantitative estimate of drug-likeness (QED) is 0.902. The molecule has 0 aliphatic carbocycles. The van der Waals surface area contributed by atoms with E-state index in [0.29, 0.717) is 19.0 Å². The number of pyridine rings is 1. The van der Waals surface area contributed by atoms with Gasteiger partial charge >= 0.3 is 6.18 Å². The van der Waals surface area contributed by atoms with Gasteiger partial charge in [0, 0.05) is 31.9 Å². The maximum Gasteiger partial charge on any atom is 0.415 e. The van der Waals surface area contributed by atoms with Crippen molar-refractivity contribution in [2.24, 2.45) is 5.73 Å². The molecule has 0 aliphatic heterocycles. The lowest BCUT2D eigenvalue weighted by Crippen LogP contribution is -2.61. The molecule has 106 valence electrons. The van der Waals surface area contributed by atoms with Crippen LogP contribution < -0.4 is 5.73 Å². The summed E-state index contributed by atoms with van der Waals surface area (Å²) in [6.45, 7) is 0.797. The first-order valence-corrected chi connectivity index (χ1v) is 5.67. The Morgan fingerprint density at radius 2 is 2.05 bits per heavy atom. The Balaban J connectivity index is 2.64. The molecule has 0 spiro atoms. The van der Waals surface area contributed by atoms with Gasteiger partial charge in [0.1, 0.15) is 0 Å². The van der Waals surface area contributed by atoms with E-state index in [0.717, 1.165) is 4.90 Å². The summed E-state index contributed by atoms with van der Waals surface area (Å²) >= 11 is 0. The molecule has 0 aromatic carbocycles. The van der Waals surface area contributed by atoms with E-state index in [-0.39, 0.29) is 6.54 Å². The molecule has 0 saturated heterocycles. The SMILES string of the molecule is CN(CCc1ccccn1)C(=O)C(C)(N)C(F)(F)F. The molecule has 0 aliphatic rings. The van der Waals surface area contributed by atoms with Crippen molar-refractivity contribution in [2.45, 2.75) is 25.1 Å². The highest BCUT2D eigenvalue weighted by Gasteiger charge is 2.54. The molecule has 7 heteroatoms. The van der Waals surface area contributed by atoms with E-state index < -0.39 is 17.6 Å². The van der Waals surface area contributed by atoms with E-state index in [4.69, 9.17) is 5.73 Å². The van der Waals surface area contributed by atoms with Crippen LogP contribution in [-0.2, 0) is 11.2 Å². The second kappa shape index (κ2) is 5.56. The van der Waals surface area contributed by atoms with Crippen LogP contribution in [-0.4, -0.2) is 41.1 Å². The van der Waals surface area contributed by atoms with Crippen LogP contribution in [0.1, 0.15) is 12.6 Å². The highest BCUT2D eigenvalue weighted by Crippen LogP contribution is 2.29. The van der Waals surface area contributed by atoms with Crippen molar-refractivity contribution < 1.29 is 18.0 Å². The number of hydrogen-bond donors (Lipinski definition) is 1. The van der Waals surface area contributed by atoms with Gasteiger partial charge in [-0.3, -0.25) is 9.78 Å². The Morgan fingerprint density at radius 3 is 2.53 bits per heavy atom. The minimum atomic E-state index is -4.77. The minimum Gasteiger partial charge on any atom is -0.343 e. The van der Waals surface area contributed by atoms with Crippen molar-refractivity contribution in [2.75, 3.05) is 13.6 Å². The molecule has 0 bridgehead atoms. The zero-order chi connectivity index (χ0) is 14.7. The number of carbonyl (C=O) groups excluding carboxylic acids is 1. The molecule has 1 amide bonds. The fourth-order valence-electron chi connectivity index (χ4n) is 1.45. The molecule has 2 N–H and O–H groups in total. The summed E-state index contributed by atoms with van der Waals surface area (Å²) in [5.41, 5.74) is 2.91. The third kappa shape index (κ3) is 3.66. The van der Waals surface area contributed by atoms with Crippen molar-refractivity contribution in [3.8, 4) is 0 Å². The predicted octanol–water partition coefficient (Wildman–Crippen LogP) is 1.36. The third-order valence-electron chi connectivity index (χ3n) is 2.81. The van der Waals surface area contributed by atoms with E-state index in [2.05, 4.69) is 4.98 Å². The normalized spacial score (nSPS) is 14.8. The highest BCUT2D eigenvalue weighted by molar-refractivity contribution is 5.86. The zero-order valence-corrected chi connectivity index (χ0v) is 10.7. The Bertz CT molecular complexity index is 432. The van der Waals surface area contributed by atoms with Crippen molar-refractivity contribution in [1.29, 1.82) is 0 Å². The minimum absolute atomic E-state index is 0.124. The molecular formula is C12H16F3N3O. The summed E-state index contributed by atoms with van der Waals surface area (Å²) in [7, 11) is 1.29. The van der Waals surface area contributed by atoms with Crippen LogP contribution in [0.5, 0.6) is 0 Å². The molecule has 1 unspecified atom stereocenters. The molecule has 0 radical (unpaired) electrons. The molecule has 0 fully saturated rings. The maximum absolute atomic E-state index is 12.6. The van der Waals surface area contributed by atoms with Crippen LogP contribution in [0.25, 0.3) is 0 Å². The van der Waals surface area contributed by atoms with Crippen LogP contribution in [0.3, 0.4) is 0 Å². The number of likely N-dealkylation sites (N-methyl/N-ethyl adjacent to an activating group) is 1. The van der Waals surface area contributed by atoms with E-state index in [1.165, 1.54) is 7.05 Å². The van der Waals surface area contributed by atoms with Crippen molar-refractivity contribution in [3.63, 3.8) is 0 Å². The standard InChI is InChI=1S/C12H16F3N3O/c1-11(16,12(13,14)15)10(19)18(2)8-6-9-5-3-4-7-17-9/h3-5,7H,6,8,16H2,1-2H3. The van der Waals surface area contributed by atoms with Crippen molar-refractivity contribution in [1.82, 2.24) is 9.88 Å². The summed E-state index contributed by atoms with van der Waals surface area (Å²) in [6, 6.07) is 5.25. The van der Waals surface area contributed by atoms with E-state index in [1.54, 1.807) is 24.4 Å². The fourth-order valence-corrected chi connectivity index (χ4v) is 1.45. The molecule has 1 rings (SSSR count). The first-order chi connectivity index (χ1) is 8.66. The topological polar surface area (TPSA) is 59.2 Å². The summed E-state index contributed by atoms with van der Waals surface area (Å²) in [5.74, 6) is -1.16. The van der Waals surface area contributed by atoms with Crippen molar-refractivity contribution in [3.05, 3.63) is 30.1 Å².